The lowest BCUT2D eigenvalue weighted by molar-refractivity contribution is -0.111. The second-order valence-corrected chi connectivity index (χ2v) is 2.34. The van der Waals surface area contributed by atoms with Gasteiger partial charge in [0.2, 0.25) is 0 Å². The van der Waals surface area contributed by atoms with Gasteiger partial charge in [-0.25, -0.2) is 0 Å². The van der Waals surface area contributed by atoms with Gasteiger partial charge < -0.3 is 0 Å². The molecule has 0 saturated heterocycles. The van der Waals surface area contributed by atoms with Crippen molar-refractivity contribution < 1.29 is 4.79 Å². The lowest BCUT2D eigenvalue weighted by atomic mass is 10.2. The molecule has 10 heavy (non-hydrogen) atoms. The highest BCUT2D eigenvalue weighted by molar-refractivity contribution is 6.02. The summed E-state index contributed by atoms with van der Waals surface area (Å²) in [7, 11) is 0. The Morgan fingerprint density at radius 1 is 1.60 bits per heavy atom. The minimum atomic E-state index is 0.0356. The Kier molecular flexibility index (Phi) is 4.55. The molecule has 0 spiro atoms. The Hall–Kier alpha value is -0.850. The molecule has 0 unspecified atom stereocenters. The van der Waals surface area contributed by atoms with Crippen LogP contribution in [0.15, 0.2) is 24.3 Å². The summed E-state index contributed by atoms with van der Waals surface area (Å²) in [6.07, 6.45) is 5.53. The number of carbonyl (C=O) groups excluding carboxylic acids is 1. The maximum atomic E-state index is 10.8. The van der Waals surface area contributed by atoms with Gasteiger partial charge in [-0.15, -0.1) is 0 Å². The van der Waals surface area contributed by atoms with Crippen molar-refractivity contribution in [3.8, 4) is 0 Å². The quantitative estimate of drug-likeness (QED) is 0.545. The molecule has 0 aliphatic carbocycles. The third-order valence-electron chi connectivity index (χ3n) is 1.15. The van der Waals surface area contributed by atoms with Crippen LogP contribution >= 0.6 is 0 Å². The van der Waals surface area contributed by atoms with E-state index in [1.165, 1.54) is 0 Å². The molecule has 0 fully saturated rings. The van der Waals surface area contributed by atoms with Crippen LogP contribution in [-0.4, -0.2) is 5.78 Å². The van der Waals surface area contributed by atoms with Crippen molar-refractivity contribution in [3.05, 3.63) is 24.3 Å². The molecule has 0 atom stereocenters. The van der Waals surface area contributed by atoms with Crippen LogP contribution in [0.5, 0.6) is 0 Å². The van der Waals surface area contributed by atoms with Gasteiger partial charge >= 0.3 is 0 Å². The number of hydrogen-bond donors (Lipinski definition) is 0. The Labute approximate surface area is 62.4 Å². The van der Waals surface area contributed by atoms with Crippen molar-refractivity contribution >= 4 is 5.78 Å². The Morgan fingerprint density at radius 2 is 2.20 bits per heavy atom. The molecule has 0 saturated carbocycles. The van der Waals surface area contributed by atoms with E-state index in [1.807, 2.05) is 6.08 Å². The lowest BCUT2D eigenvalue weighted by Crippen LogP contribution is -1.91. The van der Waals surface area contributed by atoms with Gasteiger partial charge in [0, 0.05) is 0 Å². The van der Waals surface area contributed by atoms with Crippen molar-refractivity contribution in [2.75, 3.05) is 0 Å². The molecule has 0 aromatic carbocycles. The first kappa shape index (κ1) is 9.15. The van der Waals surface area contributed by atoms with E-state index in [1.54, 1.807) is 13.0 Å². The fourth-order valence-corrected chi connectivity index (χ4v) is 0.499. The average molecular weight is 138 g/mol. The fourth-order valence-electron chi connectivity index (χ4n) is 0.499. The highest BCUT2D eigenvalue weighted by Gasteiger charge is 1.92. The SMILES string of the molecule is C=C(C)C(=O)C=CCCC. The number of rotatable bonds is 4. The summed E-state index contributed by atoms with van der Waals surface area (Å²) in [4.78, 5) is 10.8. The van der Waals surface area contributed by atoms with Gasteiger partial charge in [0.25, 0.3) is 0 Å². The second-order valence-electron chi connectivity index (χ2n) is 2.34. The van der Waals surface area contributed by atoms with Crippen molar-refractivity contribution in [1.82, 2.24) is 0 Å². The zero-order chi connectivity index (χ0) is 7.98. The lowest BCUT2D eigenvalue weighted by Gasteiger charge is -1.88. The molecule has 56 valence electrons. The monoisotopic (exact) mass is 138 g/mol. The van der Waals surface area contributed by atoms with Crippen LogP contribution in [0.25, 0.3) is 0 Å². The van der Waals surface area contributed by atoms with Gasteiger partial charge in [-0.1, -0.05) is 26.0 Å². The average Bonchev–Trinajstić information content (AvgIpc) is 1.88. The normalized spacial score (nSPS) is 10.2. The van der Waals surface area contributed by atoms with Gasteiger partial charge in [0.05, 0.1) is 0 Å². The molecule has 0 aliphatic rings. The second kappa shape index (κ2) is 4.98. The smallest absolute Gasteiger partial charge is 0.180 e. The van der Waals surface area contributed by atoms with Crippen LogP contribution in [-0.2, 0) is 4.79 Å². The fraction of sp³-hybridized carbons (Fsp3) is 0.444. The maximum Gasteiger partial charge on any atom is 0.180 e. The summed E-state index contributed by atoms with van der Waals surface area (Å²) in [5.41, 5.74) is 0.604. The van der Waals surface area contributed by atoms with Crippen molar-refractivity contribution in [2.24, 2.45) is 0 Å². The number of hydrogen-bond acceptors (Lipinski definition) is 1. The van der Waals surface area contributed by atoms with E-state index in [2.05, 4.69) is 13.5 Å². The van der Waals surface area contributed by atoms with Gasteiger partial charge in [-0.3, -0.25) is 4.79 Å². The van der Waals surface area contributed by atoms with E-state index in [0.29, 0.717) is 5.57 Å². The Balaban J connectivity index is 3.67. The zero-order valence-corrected chi connectivity index (χ0v) is 6.68. The molecule has 0 rings (SSSR count). The predicted octanol–water partition coefficient (Wildman–Crippen LogP) is 2.49. The van der Waals surface area contributed by atoms with E-state index in [9.17, 15) is 4.79 Å². The molecule has 0 radical (unpaired) electrons. The minimum absolute atomic E-state index is 0.0356. The zero-order valence-electron chi connectivity index (χ0n) is 6.68. The van der Waals surface area contributed by atoms with Crippen LogP contribution in [0.4, 0.5) is 0 Å². The van der Waals surface area contributed by atoms with Crippen molar-refractivity contribution in [1.29, 1.82) is 0 Å². The van der Waals surface area contributed by atoms with E-state index in [0.717, 1.165) is 12.8 Å². The van der Waals surface area contributed by atoms with Crippen molar-refractivity contribution in [3.63, 3.8) is 0 Å². The van der Waals surface area contributed by atoms with Crippen LogP contribution in [0.2, 0.25) is 0 Å². The topological polar surface area (TPSA) is 17.1 Å². The number of unbranched alkanes of at least 4 members (excludes halogenated alkanes) is 1. The molecule has 0 aliphatic heterocycles. The summed E-state index contributed by atoms with van der Waals surface area (Å²) in [5, 5.41) is 0. The summed E-state index contributed by atoms with van der Waals surface area (Å²) >= 11 is 0. The highest BCUT2D eigenvalue weighted by Crippen LogP contribution is 1.94. The van der Waals surface area contributed by atoms with Gasteiger partial charge in [-0.05, 0) is 25.0 Å². The first-order chi connectivity index (χ1) is 4.68. The van der Waals surface area contributed by atoms with Gasteiger partial charge in [-0.2, -0.15) is 0 Å². The van der Waals surface area contributed by atoms with Crippen LogP contribution < -0.4 is 0 Å². The first-order valence-electron chi connectivity index (χ1n) is 3.55. The number of allylic oxidation sites excluding steroid dienone is 3. The van der Waals surface area contributed by atoms with Crippen LogP contribution in [0.1, 0.15) is 26.7 Å². The molecule has 0 N–H and O–H groups in total. The largest absolute Gasteiger partial charge is 0.290 e. The van der Waals surface area contributed by atoms with Crippen molar-refractivity contribution in [2.45, 2.75) is 26.7 Å². The molecule has 0 aromatic rings. The molecule has 0 amide bonds. The molecule has 1 nitrogen and oxygen atoms in total. The number of carbonyl (C=O) groups is 1. The standard InChI is InChI=1S/C9H14O/c1-4-5-6-7-9(10)8(2)3/h6-7H,2,4-5H2,1,3H3. The molecule has 0 bridgehead atoms. The minimum Gasteiger partial charge on any atom is -0.290 e. The summed E-state index contributed by atoms with van der Waals surface area (Å²) < 4.78 is 0. The van der Waals surface area contributed by atoms with E-state index < -0.39 is 0 Å². The summed E-state index contributed by atoms with van der Waals surface area (Å²) in [5.74, 6) is 0.0356. The van der Waals surface area contributed by atoms with Crippen LogP contribution in [0, 0.1) is 0 Å². The van der Waals surface area contributed by atoms with E-state index in [-0.39, 0.29) is 5.78 Å². The van der Waals surface area contributed by atoms with Crippen LogP contribution in [0.3, 0.4) is 0 Å². The number of ketones is 1. The highest BCUT2D eigenvalue weighted by atomic mass is 16.1. The van der Waals surface area contributed by atoms with E-state index >= 15 is 0 Å². The maximum absolute atomic E-state index is 10.8. The third kappa shape index (κ3) is 4.07. The first-order valence-corrected chi connectivity index (χ1v) is 3.55. The Bertz CT molecular complexity index is 154. The molecule has 1 heteroatoms. The van der Waals surface area contributed by atoms with Gasteiger partial charge in [0.1, 0.15) is 0 Å². The van der Waals surface area contributed by atoms with E-state index in [4.69, 9.17) is 0 Å². The molecular weight excluding hydrogens is 124 g/mol. The third-order valence-corrected chi connectivity index (χ3v) is 1.15. The van der Waals surface area contributed by atoms with Gasteiger partial charge in [0.15, 0.2) is 5.78 Å². The summed E-state index contributed by atoms with van der Waals surface area (Å²) in [6.45, 7) is 7.33. The Morgan fingerprint density at radius 3 is 2.60 bits per heavy atom. The predicted molar refractivity (Wildman–Crippen MR) is 43.9 cm³/mol. The molecular formula is C9H14O. The molecule has 0 heterocycles. The summed E-state index contributed by atoms with van der Waals surface area (Å²) in [6, 6.07) is 0. The molecule has 0 aromatic heterocycles.